The molecule has 0 atom stereocenters. The topological polar surface area (TPSA) is 81.8 Å². The van der Waals surface area contributed by atoms with Crippen molar-refractivity contribution in [2.75, 3.05) is 6.54 Å². The summed E-state index contributed by atoms with van der Waals surface area (Å²) >= 11 is 1.23. The number of carboxylic acid groups (broad SMARTS) is 1. The first-order valence-corrected chi connectivity index (χ1v) is 7.99. The Hall–Kier alpha value is -1.15. The van der Waals surface area contributed by atoms with Gasteiger partial charge in [-0.15, -0.1) is 11.3 Å². The van der Waals surface area contributed by atoms with Crippen molar-refractivity contribution in [2.24, 2.45) is 5.73 Å². The normalized spacial score (nSPS) is 20.5. The van der Waals surface area contributed by atoms with Crippen LogP contribution in [0, 0.1) is 6.92 Å². The van der Waals surface area contributed by atoms with Crippen molar-refractivity contribution in [1.29, 1.82) is 0 Å². The Morgan fingerprint density at radius 2 is 1.91 bits per heavy atom. The molecule has 0 aromatic carbocycles. The number of aryl methyl sites for hydroxylation is 1. The molecule has 0 spiro atoms. The maximum absolute atomic E-state index is 11.1. The van der Waals surface area contributed by atoms with Crippen LogP contribution in [0.3, 0.4) is 0 Å². The molecule has 0 unspecified atom stereocenters. The summed E-state index contributed by atoms with van der Waals surface area (Å²) in [7, 11) is -0.509. The highest BCUT2D eigenvalue weighted by Crippen LogP contribution is 2.39. The van der Waals surface area contributed by atoms with Crippen molar-refractivity contribution in [3.05, 3.63) is 26.9 Å². The van der Waals surface area contributed by atoms with Crippen LogP contribution in [0.4, 0.5) is 0 Å². The summed E-state index contributed by atoms with van der Waals surface area (Å²) in [4.78, 5) is 12.2. The van der Waals surface area contributed by atoms with Crippen molar-refractivity contribution in [3.8, 4) is 0 Å². The summed E-state index contributed by atoms with van der Waals surface area (Å²) in [5.74, 6) is -0.919. The van der Waals surface area contributed by atoms with E-state index in [0.29, 0.717) is 4.88 Å². The molecule has 5 nitrogen and oxygen atoms in total. The summed E-state index contributed by atoms with van der Waals surface area (Å²) in [6.45, 7) is 10.1. The van der Waals surface area contributed by atoms with Crippen LogP contribution >= 0.6 is 11.3 Å². The molecule has 2 heterocycles. The molecular weight excluding hydrogens is 301 g/mol. The lowest BCUT2D eigenvalue weighted by Gasteiger charge is -2.32. The lowest BCUT2D eigenvalue weighted by atomic mass is 9.77. The molecule has 0 radical (unpaired) electrons. The fraction of sp³-hybridized carbons (Fsp3) is 0.533. The average molecular weight is 323 g/mol. The summed E-state index contributed by atoms with van der Waals surface area (Å²) in [6.07, 6.45) is 1.88. The number of carbonyl (C=O) groups is 1. The molecule has 1 aromatic heterocycles. The van der Waals surface area contributed by atoms with Gasteiger partial charge >= 0.3 is 13.1 Å². The second-order valence-corrected chi connectivity index (χ2v) is 7.56. The minimum absolute atomic E-state index is 0.288. The van der Waals surface area contributed by atoms with Gasteiger partial charge in [0.15, 0.2) is 0 Å². The number of carboxylic acids is 1. The van der Waals surface area contributed by atoms with E-state index in [9.17, 15) is 4.79 Å². The number of nitrogens with two attached hydrogens (primary N) is 1. The number of thiophene rings is 1. The Labute approximate surface area is 135 Å². The molecule has 1 fully saturated rings. The van der Waals surface area contributed by atoms with Gasteiger partial charge in [-0.25, -0.2) is 4.79 Å². The van der Waals surface area contributed by atoms with Gasteiger partial charge in [0.1, 0.15) is 4.88 Å². The Bertz CT molecular complexity index is 605. The fourth-order valence-corrected chi connectivity index (χ4v) is 3.12. The smallest absolute Gasteiger partial charge is 0.477 e. The third-order valence-electron chi connectivity index (χ3n) is 4.28. The summed E-state index contributed by atoms with van der Waals surface area (Å²) in [5, 5.41) is 9.08. The van der Waals surface area contributed by atoms with Crippen LogP contribution < -0.4 is 5.73 Å². The van der Waals surface area contributed by atoms with Gasteiger partial charge < -0.3 is 20.1 Å². The first-order valence-electron chi connectivity index (χ1n) is 7.17. The van der Waals surface area contributed by atoms with Crippen LogP contribution in [0.15, 0.2) is 11.5 Å². The molecule has 7 heteroatoms. The third-order valence-corrected chi connectivity index (χ3v) is 5.45. The van der Waals surface area contributed by atoms with Gasteiger partial charge in [-0.2, -0.15) is 0 Å². The first-order chi connectivity index (χ1) is 10.1. The minimum atomic E-state index is -0.919. The van der Waals surface area contributed by atoms with E-state index in [1.54, 1.807) is 6.07 Å². The number of aromatic carboxylic acids is 1. The van der Waals surface area contributed by atoms with E-state index < -0.39 is 24.3 Å². The molecule has 22 heavy (non-hydrogen) atoms. The number of hydrogen-bond acceptors (Lipinski definition) is 5. The van der Waals surface area contributed by atoms with Gasteiger partial charge in [-0.1, -0.05) is 0 Å². The first kappa shape index (κ1) is 17.2. The van der Waals surface area contributed by atoms with Crippen molar-refractivity contribution >= 4 is 30.5 Å². The molecule has 2 rings (SSSR count). The zero-order chi connectivity index (χ0) is 16.7. The average Bonchev–Trinajstić information content (AvgIpc) is 2.85. The molecule has 120 valence electrons. The van der Waals surface area contributed by atoms with E-state index in [0.717, 1.165) is 15.9 Å². The Balaban J connectivity index is 2.31. The van der Waals surface area contributed by atoms with Gasteiger partial charge in [0.05, 0.1) is 11.2 Å². The SMILES string of the molecule is Cc1cc(C(=O)O)sc1C=C(CN)B1OC(C)(C)C(C)(C)O1. The zero-order valence-corrected chi connectivity index (χ0v) is 14.4. The molecule has 0 amide bonds. The maximum atomic E-state index is 11.1. The summed E-state index contributed by atoms with van der Waals surface area (Å²) < 4.78 is 12.0. The molecule has 0 saturated carbocycles. The largest absolute Gasteiger partial charge is 0.491 e. The maximum Gasteiger partial charge on any atom is 0.491 e. The highest BCUT2D eigenvalue weighted by molar-refractivity contribution is 7.15. The highest BCUT2D eigenvalue weighted by Gasteiger charge is 2.52. The van der Waals surface area contributed by atoms with Gasteiger partial charge in [0.2, 0.25) is 0 Å². The van der Waals surface area contributed by atoms with Gasteiger partial charge in [-0.3, -0.25) is 0 Å². The third kappa shape index (κ3) is 3.13. The van der Waals surface area contributed by atoms with Crippen LogP contribution in [0.2, 0.25) is 0 Å². The van der Waals surface area contributed by atoms with Crippen molar-refractivity contribution in [1.82, 2.24) is 0 Å². The molecule has 1 aromatic rings. The van der Waals surface area contributed by atoms with Gasteiger partial charge in [-0.05, 0) is 57.8 Å². The molecule has 1 saturated heterocycles. The lowest BCUT2D eigenvalue weighted by Crippen LogP contribution is -2.41. The van der Waals surface area contributed by atoms with Crippen LogP contribution in [0.5, 0.6) is 0 Å². The van der Waals surface area contributed by atoms with Crippen LogP contribution in [-0.2, 0) is 9.31 Å². The quantitative estimate of drug-likeness (QED) is 0.833. The molecule has 3 N–H and O–H groups in total. The van der Waals surface area contributed by atoms with E-state index in [1.807, 2.05) is 40.7 Å². The predicted molar refractivity (Wildman–Crippen MR) is 89.1 cm³/mol. The standard InChI is InChI=1S/C15H22BNO4S/c1-9-6-12(13(18)19)22-11(9)7-10(8-17)16-20-14(2,3)15(4,5)21-16/h6-7H,8,17H2,1-5H3,(H,18,19). The Morgan fingerprint density at radius 3 is 2.32 bits per heavy atom. The minimum Gasteiger partial charge on any atom is -0.477 e. The molecule has 0 bridgehead atoms. The van der Waals surface area contributed by atoms with Crippen molar-refractivity contribution in [3.63, 3.8) is 0 Å². The van der Waals surface area contributed by atoms with E-state index >= 15 is 0 Å². The molecule has 1 aliphatic rings. The van der Waals surface area contributed by atoms with Crippen LogP contribution in [0.1, 0.15) is 47.8 Å². The summed E-state index contributed by atoms with van der Waals surface area (Å²) in [5.41, 5.74) is 6.71. The van der Waals surface area contributed by atoms with Crippen molar-refractivity contribution < 1.29 is 19.2 Å². The Kier molecular flexibility index (Phi) is 4.55. The Morgan fingerprint density at radius 1 is 1.36 bits per heavy atom. The van der Waals surface area contributed by atoms with E-state index in [1.165, 1.54) is 11.3 Å². The van der Waals surface area contributed by atoms with Gasteiger partial charge in [0.25, 0.3) is 0 Å². The highest BCUT2D eigenvalue weighted by atomic mass is 32.1. The lowest BCUT2D eigenvalue weighted by molar-refractivity contribution is 0.00578. The molecule has 0 aliphatic carbocycles. The number of hydrogen-bond donors (Lipinski definition) is 2. The van der Waals surface area contributed by atoms with E-state index in [2.05, 4.69) is 0 Å². The van der Waals surface area contributed by atoms with Crippen LogP contribution in [-0.4, -0.2) is 35.9 Å². The second kappa shape index (κ2) is 5.81. The van der Waals surface area contributed by atoms with E-state index in [4.69, 9.17) is 20.1 Å². The monoisotopic (exact) mass is 323 g/mol. The summed E-state index contributed by atoms with van der Waals surface area (Å²) in [6, 6.07) is 1.66. The molecule has 1 aliphatic heterocycles. The van der Waals surface area contributed by atoms with Crippen LogP contribution in [0.25, 0.3) is 6.08 Å². The van der Waals surface area contributed by atoms with Crippen molar-refractivity contribution in [2.45, 2.75) is 45.8 Å². The number of rotatable bonds is 4. The van der Waals surface area contributed by atoms with E-state index in [-0.39, 0.29) is 6.54 Å². The predicted octanol–water partition coefficient (Wildman–Crippen LogP) is 2.73. The second-order valence-electron chi connectivity index (χ2n) is 6.47. The molecular formula is C15H22BNO4S. The zero-order valence-electron chi connectivity index (χ0n) is 13.6. The van der Waals surface area contributed by atoms with Gasteiger partial charge in [0, 0.05) is 11.4 Å². The fourth-order valence-electron chi connectivity index (χ4n) is 2.13.